The molecule has 2 aromatic rings. The molecule has 0 heterocycles. The number of methoxy groups -OCH3 is 1. The van der Waals surface area contributed by atoms with Gasteiger partial charge in [-0.05, 0) is 29.2 Å². The number of ether oxygens (including phenoxy) is 1. The van der Waals surface area contributed by atoms with Crippen molar-refractivity contribution >= 4 is 17.4 Å². The molecule has 0 aliphatic carbocycles. The molecule has 20 heavy (non-hydrogen) atoms. The highest BCUT2D eigenvalue weighted by Gasteiger charge is 2.05. The lowest BCUT2D eigenvalue weighted by Gasteiger charge is -2.10. The Bertz CT molecular complexity index is 564. The van der Waals surface area contributed by atoms with Gasteiger partial charge in [0.15, 0.2) is 0 Å². The fraction of sp³-hybridized carbons (Fsp3) is 0.294. The fourth-order valence-corrected chi connectivity index (χ4v) is 2.93. The largest absolute Gasteiger partial charge is 0.496 e. The van der Waals surface area contributed by atoms with E-state index in [0.717, 1.165) is 22.1 Å². The van der Waals surface area contributed by atoms with Crippen LogP contribution in [0.15, 0.2) is 47.4 Å². The molecule has 0 aliphatic rings. The van der Waals surface area contributed by atoms with E-state index in [4.69, 9.17) is 10.5 Å². The summed E-state index contributed by atoms with van der Waals surface area (Å²) in [7, 11) is 1.68. The molecular weight excluding hydrogens is 266 g/mol. The van der Waals surface area contributed by atoms with Crippen LogP contribution in [0, 0.1) is 0 Å². The molecule has 0 bridgehead atoms. The number of thioether (sulfide) groups is 1. The maximum absolute atomic E-state index is 5.77. The van der Waals surface area contributed by atoms with Crippen molar-refractivity contribution in [3.05, 3.63) is 53.6 Å². The van der Waals surface area contributed by atoms with E-state index < -0.39 is 0 Å². The summed E-state index contributed by atoms with van der Waals surface area (Å²) >= 11 is 1.77. The predicted octanol–water partition coefficient (Wildman–Crippen LogP) is 4.69. The van der Waals surface area contributed by atoms with Crippen LogP contribution in [0.4, 0.5) is 5.69 Å². The Morgan fingerprint density at radius 2 is 1.80 bits per heavy atom. The van der Waals surface area contributed by atoms with Gasteiger partial charge >= 0.3 is 0 Å². The van der Waals surface area contributed by atoms with E-state index in [0.29, 0.717) is 5.92 Å². The van der Waals surface area contributed by atoms with E-state index in [1.54, 1.807) is 18.9 Å². The molecule has 2 nitrogen and oxygen atoms in total. The number of anilines is 1. The van der Waals surface area contributed by atoms with Crippen LogP contribution in [-0.4, -0.2) is 7.11 Å². The monoisotopic (exact) mass is 287 g/mol. The second-order valence-electron chi connectivity index (χ2n) is 5.10. The van der Waals surface area contributed by atoms with Gasteiger partial charge in [-0.25, -0.2) is 0 Å². The summed E-state index contributed by atoms with van der Waals surface area (Å²) in [6.45, 7) is 4.42. The standard InChI is InChI=1S/C17H21NOS/c1-12(2)14-6-4-13(5-7-14)11-20-17-9-8-15(18)10-16(17)19-3/h4-10,12H,11,18H2,1-3H3. The van der Waals surface area contributed by atoms with Gasteiger partial charge in [0.05, 0.1) is 7.11 Å². The van der Waals surface area contributed by atoms with Crippen LogP contribution < -0.4 is 10.5 Å². The molecule has 0 atom stereocenters. The summed E-state index contributed by atoms with van der Waals surface area (Å²) < 4.78 is 5.36. The fourth-order valence-electron chi connectivity index (χ4n) is 1.96. The van der Waals surface area contributed by atoms with Crippen molar-refractivity contribution in [3.63, 3.8) is 0 Å². The van der Waals surface area contributed by atoms with Crippen LogP contribution in [-0.2, 0) is 5.75 Å². The maximum atomic E-state index is 5.77. The lowest BCUT2D eigenvalue weighted by molar-refractivity contribution is 0.405. The smallest absolute Gasteiger partial charge is 0.134 e. The Labute approximate surface area is 125 Å². The minimum absolute atomic E-state index is 0.578. The zero-order valence-corrected chi connectivity index (χ0v) is 13.0. The quantitative estimate of drug-likeness (QED) is 0.640. The lowest BCUT2D eigenvalue weighted by Crippen LogP contribution is -1.91. The summed E-state index contributed by atoms with van der Waals surface area (Å²) in [4.78, 5) is 1.12. The number of rotatable bonds is 5. The van der Waals surface area contributed by atoms with Gasteiger partial charge in [-0.1, -0.05) is 38.1 Å². The van der Waals surface area contributed by atoms with Crippen LogP contribution in [0.2, 0.25) is 0 Å². The first-order chi connectivity index (χ1) is 9.60. The van der Waals surface area contributed by atoms with Crippen molar-refractivity contribution in [1.82, 2.24) is 0 Å². The first-order valence-corrected chi connectivity index (χ1v) is 7.74. The van der Waals surface area contributed by atoms with Gasteiger partial charge in [-0.2, -0.15) is 0 Å². The van der Waals surface area contributed by atoms with E-state index >= 15 is 0 Å². The third-order valence-electron chi connectivity index (χ3n) is 3.23. The molecule has 0 saturated carbocycles. The van der Waals surface area contributed by atoms with Crippen molar-refractivity contribution in [3.8, 4) is 5.75 Å². The van der Waals surface area contributed by atoms with Gasteiger partial charge < -0.3 is 10.5 Å². The molecule has 0 amide bonds. The molecule has 3 heteroatoms. The minimum Gasteiger partial charge on any atom is -0.496 e. The summed E-state index contributed by atoms with van der Waals surface area (Å²) in [6.07, 6.45) is 0. The SMILES string of the molecule is COc1cc(N)ccc1SCc1ccc(C(C)C)cc1. The molecule has 2 N–H and O–H groups in total. The number of benzene rings is 2. The molecule has 0 spiro atoms. The van der Waals surface area contributed by atoms with Crippen LogP contribution in [0.3, 0.4) is 0 Å². The average Bonchev–Trinajstić information content (AvgIpc) is 2.46. The zero-order chi connectivity index (χ0) is 14.5. The molecule has 2 aromatic carbocycles. The number of nitrogens with two attached hydrogens (primary N) is 1. The molecular formula is C17H21NOS. The van der Waals surface area contributed by atoms with Gasteiger partial charge in [-0.3, -0.25) is 0 Å². The number of nitrogen functional groups attached to an aromatic ring is 1. The maximum Gasteiger partial charge on any atom is 0.134 e. The normalized spacial score (nSPS) is 10.8. The summed E-state index contributed by atoms with van der Waals surface area (Å²) in [5, 5.41) is 0. The second kappa shape index (κ2) is 6.71. The molecule has 0 unspecified atom stereocenters. The highest BCUT2D eigenvalue weighted by atomic mass is 32.2. The third kappa shape index (κ3) is 3.70. The zero-order valence-electron chi connectivity index (χ0n) is 12.2. The molecule has 0 saturated heterocycles. The van der Waals surface area contributed by atoms with Crippen LogP contribution >= 0.6 is 11.8 Å². The van der Waals surface area contributed by atoms with E-state index in [-0.39, 0.29) is 0 Å². The topological polar surface area (TPSA) is 35.2 Å². The van der Waals surface area contributed by atoms with Crippen LogP contribution in [0.5, 0.6) is 5.75 Å². The van der Waals surface area contributed by atoms with Gasteiger partial charge in [0.1, 0.15) is 5.75 Å². The van der Waals surface area contributed by atoms with Crippen LogP contribution in [0.25, 0.3) is 0 Å². The minimum atomic E-state index is 0.578. The van der Waals surface area contributed by atoms with Crippen molar-refractivity contribution in [1.29, 1.82) is 0 Å². The summed E-state index contributed by atoms with van der Waals surface area (Å²) in [6, 6.07) is 14.6. The Morgan fingerprint density at radius 1 is 1.10 bits per heavy atom. The summed E-state index contributed by atoms with van der Waals surface area (Å²) in [5.41, 5.74) is 9.19. The highest BCUT2D eigenvalue weighted by Crippen LogP contribution is 2.33. The first kappa shape index (κ1) is 14.8. The molecule has 106 valence electrons. The average molecular weight is 287 g/mol. The van der Waals surface area contributed by atoms with E-state index in [9.17, 15) is 0 Å². The Morgan fingerprint density at radius 3 is 2.40 bits per heavy atom. The van der Waals surface area contributed by atoms with Crippen molar-refractivity contribution < 1.29 is 4.74 Å². The van der Waals surface area contributed by atoms with Crippen LogP contribution in [0.1, 0.15) is 30.9 Å². The molecule has 0 aliphatic heterocycles. The Hall–Kier alpha value is -1.61. The van der Waals surface area contributed by atoms with Gasteiger partial charge in [0.25, 0.3) is 0 Å². The van der Waals surface area contributed by atoms with E-state index in [1.807, 2.05) is 18.2 Å². The van der Waals surface area contributed by atoms with Gasteiger partial charge in [0.2, 0.25) is 0 Å². The van der Waals surface area contributed by atoms with Crippen molar-refractivity contribution in [2.45, 2.75) is 30.4 Å². The Kier molecular flexibility index (Phi) is 4.96. The third-order valence-corrected chi connectivity index (χ3v) is 4.35. The molecule has 2 rings (SSSR count). The van der Waals surface area contributed by atoms with E-state index in [1.165, 1.54) is 11.1 Å². The molecule has 0 aromatic heterocycles. The first-order valence-electron chi connectivity index (χ1n) is 6.75. The lowest BCUT2D eigenvalue weighted by atomic mass is 10.0. The second-order valence-corrected chi connectivity index (χ2v) is 6.11. The van der Waals surface area contributed by atoms with Crippen molar-refractivity contribution in [2.75, 3.05) is 12.8 Å². The van der Waals surface area contributed by atoms with E-state index in [2.05, 4.69) is 38.1 Å². The molecule has 0 fully saturated rings. The highest BCUT2D eigenvalue weighted by molar-refractivity contribution is 7.98. The van der Waals surface area contributed by atoms with Gasteiger partial charge in [0, 0.05) is 22.4 Å². The van der Waals surface area contributed by atoms with Gasteiger partial charge in [-0.15, -0.1) is 11.8 Å². The summed E-state index contributed by atoms with van der Waals surface area (Å²) in [5.74, 6) is 2.35. The molecule has 0 radical (unpaired) electrons. The Balaban J connectivity index is 2.05. The number of hydrogen-bond acceptors (Lipinski definition) is 3. The predicted molar refractivity (Wildman–Crippen MR) is 87.5 cm³/mol. The number of hydrogen-bond donors (Lipinski definition) is 1. The van der Waals surface area contributed by atoms with Crippen molar-refractivity contribution in [2.24, 2.45) is 0 Å².